The van der Waals surface area contributed by atoms with Crippen molar-refractivity contribution in [3.63, 3.8) is 0 Å². The quantitative estimate of drug-likeness (QED) is 0.907. The van der Waals surface area contributed by atoms with Gasteiger partial charge in [-0.15, -0.1) is 0 Å². The molecule has 0 aliphatic carbocycles. The minimum absolute atomic E-state index is 0.173. The molecule has 0 saturated carbocycles. The van der Waals surface area contributed by atoms with Gasteiger partial charge in [0.25, 0.3) is 0 Å². The summed E-state index contributed by atoms with van der Waals surface area (Å²) in [6, 6.07) is 5.09. The minimum atomic E-state index is -0.721. The second kappa shape index (κ2) is 6.66. The summed E-state index contributed by atoms with van der Waals surface area (Å²) in [4.78, 5) is 13.1. The van der Waals surface area contributed by atoms with Gasteiger partial charge in [-0.2, -0.15) is 0 Å². The van der Waals surface area contributed by atoms with Gasteiger partial charge >= 0.3 is 5.97 Å². The zero-order valence-corrected chi connectivity index (χ0v) is 12.7. The van der Waals surface area contributed by atoms with E-state index in [0.717, 1.165) is 6.54 Å². The van der Waals surface area contributed by atoms with Crippen molar-refractivity contribution < 1.29 is 14.6 Å². The number of nitrogens with zero attached hydrogens (tertiary/aromatic N) is 1. The summed E-state index contributed by atoms with van der Waals surface area (Å²) >= 11 is 11.8. The van der Waals surface area contributed by atoms with Crippen LogP contribution < -0.4 is 4.74 Å². The van der Waals surface area contributed by atoms with E-state index in [1.165, 1.54) is 0 Å². The third-order valence-electron chi connectivity index (χ3n) is 3.56. The molecule has 2 atom stereocenters. The molecule has 1 aromatic carbocycles. The van der Waals surface area contributed by atoms with Crippen molar-refractivity contribution in [1.82, 2.24) is 4.90 Å². The third-order valence-corrected chi connectivity index (χ3v) is 4.09. The van der Waals surface area contributed by atoms with Gasteiger partial charge in [-0.3, -0.25) is 9.69 Å². The first kappa shape index (κ1) is 15.4. The average molecular weight is 318 g/mol. The lowest BCUT2D eigenvalue weighted by Crippen LogP contribution is -2.27. The van der Waals surface area contributed by atoms with Gasteiger partial charge in [0.15, 0.2) is 0 Å². The van der Waals surface area contributed by atoms with Crippen molar-refractivity contribution in [3.05, 3.63) is 28.2 Å². The number of rotatable bonds is 5. The molecule has 20 heavy (non-hydrogen) atoms. The van der Waals surface area contributed by atoms with Gasteiger partial charge in [-0.05, 0) is 24.1 Å². The van der Waals surface area contributed by atoms with E-state index in [4.69, 9.17) is 33.0 Å². The lowest BCUT2D eigenvalue weighted by Gasteiger charge is -2.16. The first-order valence-corrected chi connectivity index (χ1v) is 7.26. The predicted octanol–water partition coefficient (Wildman–Crippen LogP) is 3.02. The molecule has 0 amide bonds. The number of ether oxygens (including phenoxy) is 1. The molecule has 1 saturated heterocycles. The molecular formula is C14H17Cl2NO3. The number of likely N-dealkylation sites (tertiary alicyclic amines) is 1. The summed E-state index contributed by atoms with van der Waals surface area (Å²) < 4.78 is 5.60. The van der Waals surface area contributed by atoms with Crippen LogP contribution >= 0.6 is 23.2 Å². The zero-order chi connectivity index (χ0) is 14.7. The Balaban J connectivity index is 1.81. The molecule has 0 spiro atoms. The SMILES string of the molecule is C[C@@H]1CN(CCOc2ccc(Cl)cc2Cl)C[C@H]1C(=O)O. The van der Waals surface area contributed by atoms with E-state index in [2.05, 4.69) is 4.90 Å². The van der Waals surface area contributed by atoms with Crippen molar-refractivity contribution in [2.24, 2.45) is 11.8 Å². The van der Waals surface area contributed by atoms with Crippen molar-refractivity contribution in [2.75, 3.05) is 26.2 Å². The summed E-state index contributed by atoms with van der Waals surface area (Å²) in [6.45, 7) is 4.49. The van der Waals surface area contributed by atoms with Crippen molar-refractivity contribution in [1.29, 1.82) is 0 Å². The fourth-order valence-electron chi connectivity index (χ4n) is 2.45. The highest BCUT2D eigenvalue weighted by molar-refractivity contribution is 6.35. The summed E-state index contributed by atoms with van der Waals surface area (Å²) in [6.07, 6.45) is 0. The Bertz CT molecular complexity index is 495. The van der Waals surface area contributed by atoms with Gasteiger partial charge in [-0.1, -0.05) is 30.1 Å². The molecule has 4 nitrogen and oxygen atoms in total. The molecule has 1 aliphatic rings. The maximum atomic E-state index is 11.0. The maximum Gasteiger partial charge on any atom is 0.308 e. The van der Waals surface area contributed by atoms with Crippen LogP contribution in [-0.2, 0) is 4.79 Å². The number of carboxylic acid groups (broad SMARTS) is 1. The van der Waals surface area contributed by atoms with Gasteiger partial charge in [0.2, 0.25) is 0 Å². The van der Waals surface area contributed by atoms with Crippen LogP contribution in [0.2, 0.25) is 10.0 Å². The topological polar surface area (TPSA) is 49.8 Å². The van der Waals surface area contributed by atoms with Gasteiger partial charge in [0, 0.05) is 24.7 Å². The molecule has 6 heteroatoms. The number of hydrogen-bond acceptors (Lipinski definition) is 3. The molecule has 1 fully saturated rings. The Kier molecular flexibility index (Phi) is 5.13. The van der Waals surface area contributed by atoms with Crippen molar-refractivity contribution >= 4 is 29.2 Å². The lowest BCUT2D eigenvalue weighted by molar-refractivity contribution is -0.142. The largest absolute Gasteiger partial charge is 0.491 e. The average Bonchev–Trinajstić information content (AvgIpc) is 2.73. The van der Waals surface area contributed by atoms with Gasteiger partial charge in [0.05, 0.1) is 10.9 Å². The standard InChI is InChI=1S/C14H17Cl2NO3/c1-9-7-17(8-11(9)14(18)19)4-5-20-13-3-2-10(15)6-12(13)16/h2-3,6,9,11H,4-5,7-8H2,1H3,(H,18,19)/t9-,11-/m1/s1. The highest BCUT2D eigenvalue weighted by Crippen LogP contribution is 2.28. The van der Waals surface area contributed by atoms with E-state index in [0.29, 0.717) is 35.5 Å². The molecule has 110 valence electrons. The smallest absolute Gasteiger partial charge is 0.308 e. The highest BCUT2D eigenvalue weighted by atomic mass is 35.5. The van der Waals surface area contributed by atoms with Crippen LogP contribution in [0.25, 0.3) is 0 Å². The highest BCUT2D eigenvalue weighted by Gasteiger charge is 2.34. The fourth-order valence-corrected chi connectivity index (χ4v) is 2.91. The van der Waals surface area contributed by atoms with E-state index in [9.17, 15) is 4.79 Å². The van der Waals surface area contributed by atoms with E-state index in [-0.39, 0.29) is 11.8 Å². The lowest BCUT2D eigenvalue weighted by atomic mass is 9.99. The van der Waals surface area contributed by atoms with Crippen molar-refractivity contribution in [2.45, 2.75) is 6.92 Å². The van der Waals surface area contributed by atoms with Gasteiger partial charge in [0.1, 0.15) is 12.4 Å². The van der Waals surface area contributed by atoms with Crippen LogP contribution in [0.15, 0.2) is 18.2 Å². The zero-order valence-electron chi connectivity index (χ0n) is 11.2. The van der Waals surface area contributed by atoms with Gasteiger partial charge in [-0.25, -0.2) is 0 Å². The summed E-state index contributed by atoms with van der Waals surface area (Å²) in [5.74, 6) is -0.236. The monoisotopic (exact) mass is 317 g/mol. The van der Waals surface area contributed by atoms with E-state index < -0.39 is 5.97 Å². The maximum absolute atomic E-state index is 11.0. The molecule has 1 aromatic rings. The van der Waals surface area contributed by atoms with Crippen LogP contribution in [0, 0.1) is 11.8 Å². The Labute approximate surface area is 128 Å². The number of carbonyl (C=O) groups is 1. The number of hydrogen-bond donors (Lipinski definition) is 1. The molecule has 1 aliphatic heterocycles. The Hall–Kier alpha value is -0.970. The first-order chi connectivity index (χ1) is 9.47. The number of halogens is 2. The molecule has 1 heterocycles. The Morgan fingerprint density at radius 1 is 1.45 bits per heavy atom. The minimum Gasteiger partial charge on any atom is -0.491 e. The molecule has 0 unspecified atom stereocenters. The van der Waals surface area contributed by atoms with Crippen LogP contribution in [0.4, 0.5) is 0 Å². The van der Waals surface area contributed by atoms with Gasteiger partial charge < -0.3 is 9.84 Å². The van der Waals surface area contributed by atoms with Crippen molar-refractivity contribution in [3.8, 4) is 5.75 Å². The molecule has 0 bridgehead atoms. The number of aliphatic carboxylic acids is 1. The second-order valence-electron chi connectivity index (χ2n) is 5.10. The van der Waals surface area contributed by atoms with Crippen LogP contribution in [0.5, 0.6) is 5.75 Å². The Morgan fingerprint density at radius 2 is 2.20 bits per heavy atom. The molecule has 2 rings (SSSR count). The van der Waals surface area contributed by atoms with Crippen LogP contribution in [0.1, 0.15) is 6.92 Å². The normalized spacial score (nSPS) is 22.9. The van der Waals surface area contributed by atoms with E-state index in [1.54, 1.807) is 18.2 Å². The summed E-state index contributed by atoms with van der Waals surface area (Å²) in [7, 11) is 0. The molecular weight excluding hydrogens is 301 g/mol. The number of carboxylic acids is 1. The molecule has 0 aromatic heterocycles. The summed E-state index contributed by atoms with van der Waals surface area (Å²) in [5, 5.41) is 10.1. The van der Waals surface area contributed by atoms with Crippen LogP contribution in [0.3, 0.4) is 0 Å². The summed E-state index contributed by atoms with van der Waals surface area (Å²) in [5.41, 5.74) is 0. The van der Waals surface area contributed by atoms with Crippen LogP contribution in [-0.4, -0.2) is 42.2 Å². The third kappa shape index (κ3) is 3.78. The Morgan fingerprint density at radius 3 is 2.80 bits per heavy atom. The van der Waals surface area contributed by atoms with E-state index >= 15 is 0 Å². The molecule has 0 radical (unpaired) electrons. The number of benzene rings is 1. The fraction of sp³-hybridized carbons (Fsp3) is 0.500. The first-order valence-electron chi connectivity index (χ1n) is 6.50. The van der Waals surface area contributed by atoms with E-state index in [1.807, 2.05) is 6.92 Å². The molecule has 1 N–H and O–H groups in total. The second-order valence-corrected chi connectivity index (χ2v) is 5.95. The predicted molar refractivity (Wildman–Crippen MR) is 78.7 cm³/mol.